The zero-order valence-electron chi connectivity index (χ0n) is 12.3. The Kier molecular flexibility index (Phi) is 5.15. The highest BCUT2D eigenvalue weighted by atomic mass is 19.4. The van der Waals surface area contributed by atoms with Crippen molar-refractivity contribution in [2.45, 2.75) is 13.1 Å². The lowest BCUT2D eigenvalue weighted by Gasteiger charge is -2.09. The maximum absolute atomic E-state index is 12.4. The van der Waals surface area contributed by atoms with Crippen LogP contribution in [0.5, 0.6) is 0 Å². The monoisotopic (exact) mass is 324 g/mol. The van der Waals surface area contributed by atoms with Crippen LogP contribution in [0.25, 0.3) is 0 Å². The van der Waals surface area contributed by atoms with Gasteiger partial charge in [0.25, 0.3) is 5.91 Å². The van der Waals surface area contributed by atoms with Crippen LogP contribution in [-0.4, -0.2) is 29.0 Å². The predicted molar refractivity (Wildman–Crippen MR) is 79.0 cm³/mol. The summed E-state index contributed by atoms with van der Waals surface area (Å²) in [5.74, 6) is 0.0453. The van der Waals surface area contributed by atoms with Crippen molar-refractivity contribution in [2.75, 3.05) is 18.4 Å². The second-order valence-corrected chi connectivity index (χ2v) is 4.80. The van der Waals surface area contributed by atoms with Gasteiger partial charge in [-0.1, -0.05) is 0 Å². The van der Waals surface area contributed by atoms with Gasteiger partial charge in [-0.05, 0) is 31.2 Å². The summed E-state index contributed by atoms with van der Waals surface area (Å²) >= 11 is 0. The number of hydrogen-bond acceptors (Lipinski definition) is 4. The Labute approximate surface area is 131 Å². The highest BCUT2D eigenvalue weighted by Gasteiger charge is 2.30. The van der Waals surface area contributed by atoms with Crippen LogP contribution in [0.2, 0.25) is 0 Å². The molecule has 2 aromatic heterocycles. The molecule has 0 saturated carbocycles. The molecule has 0 aliphatic rings. The van der Waals surface area contributed by atoms with E-state index in [9.17, 15) is 18.0 Å². The van der Waals surface area contributed by atoms with Crippen molar-refractivity contribution in [1.82, 2.24) is 15.3 Å². The first-order valence-electron chi connectivity index (χ1n) is 6.84. The predicted octanol–water partition coefficient (Wildman–Crippen LogP) is 2.65. The summed E-state index contributed by atoms with van der Waals surface area (Å²) in [5.41, 5.74) is 0.461. The van der Waals surface area contributed by atoms with Gasteiger partial charge in [0.15, 0.2) is 0 Å². The fourth-order valence-electron chi connectivity index (χ4n) is 1.74. The van der Waals surface area contributed by atoms with E-state index in [4.69, 9.17) is 0 Å². The Balaban J connectivity index is 1.77. The molecule has 122 valence electrons. The van der Waals surface area contributed by atoms with Gasteiger partial charge in [0.2, 0.25) is 0 Å². The molecular formula is C15H15F3N4O. The number of anilines is 1. The topological polar surface area (TPSA) is 66.9 Å². The number of rotatable bonds is 5. The summed E-state index contributed by atoms with van der Waals surface area (Å²) in [7, 11) is 0. The molecule has 0 aliphatic heterocycles. The number of nitrogens with one attached hydrogen (secondary N) is 2. The first-order chi connectivity index (χ1) is 10.9. The number of carbonyl (C=O) groups is 1. The molecule has 23 heavy (non-hydrogen) atoms. The summed E-state index contributed by atoms with van der Waals surface area (Å²) in [6.07, 6.45) is -2.16. The van der Waals surface area contributed by atoms with E-state index in [-0.39, 0.29) is 5.91 Å². The van der Waals surface area contributed by atoms with Crippen LogP contribution < -0.4 is 10.6 Å². The van der Waals surface area contributed by atoms with Crippen molar-refractivity contribution in [1.29, 1.82) is 0 Å². The second-order valence-electron chi connectivity index (χ2n) is 4.80. The largest absolute Gasteiger partial charge is 0.417 e. The molecular weight excluding hydrogens is 309 g/mol. The third kappa shape index (κ3) is 4.94. The molecule has 0 aliphatic carbocycles. The smallest absolute Gasteiger partial charge is 0.368 e. The van der Waals surface area contributed by atoms with Gasteiger partial charge in [-0.2, -0.15) is 13.2 Å². The van der Waals surface area contributed by atoms with Gasteiger partial charge in [-0.3, -0.25) is 9.78 Å². The van der Waals surface area contributed by atoms with Crippen LogP contribution in [0, 0.1) is 6.92 Å². The van der Waals surface area contributed by atoms with E-state index in [0.717, 1.165) is 18.0 Å². The molecule has 1 amide bonds. The third-order valence-electron chi connectivity index (χ3n) is 2.98. The third-order valence-corrected chi connectivity index (χ3v) is 2.98. The van der Waals surface area contributed by atoms with Gasteiger partial charge in [0.05, 0.1) is 11.1 Å². The van der Waals surface area contributed by atoms with Crippen molar-refractivity contribution in [2.24, 2.45) is 0 Å². The molecule has 0 atom stereocenters. The Morgan fingerprint density at radius 3 is 2.43 bits per heavy atom. The number of aryl methyl sites for hydroxylation is 1. The van der Waals surface area contributed by atoms with Crippen molar-refractivity contribution < 1.29 is 18.0 Å². The lowest BCUT2D eigenvalue weighted by Crippen LogP contribution is -2.29. The van der Waals surface area contributed by atoms with Crippen LogP contribution >= 0.6 is 0 Å². The Bertz CT molecular complexity index is 654. The molecule has 0 bridgehead atoms. The number of nitrogens with zero attached hydrogens (tertiary/aromatic N) is 2. The lowest BCUT2D eigenvalue weighted by molar-refractivity contribution is -0.137. The van der Waals surface area contributed by atoms with E-state index in [2.05, 4.69) is 20.6 Å². The minimum Gasteiger partial charge on any atom is -0.368 e. The summed E-state index contributed by atoms with van der Waals surface area (Å²) in [6.45, 7) is 2.46. The van der Waals surface area contributed by atoms with Crippen molar-refractivity contribution in [3.8, 4) is 0 Å². The van der Waals surface area contributed by atoms with E-state index in [1.807, 2.05) is 6.92 Å². The summed E-state index contributed by atoms with van der Waals surface area (Å²) < 4.78 is 37.2. The fraction of sp³-hybridized carbons (Fsp3) is 0.267. The van der Waals surface area contributed by atoms with Gasteiger partial charge >= 0.3 is 6.18 Å². The van der Waals surface area contributed by atoms with Crippen LogP contribution in [-0.2, 0) is 6.18 Å². The molecule has 2 aromatic rings. The van der Waals surface area contributed by atoms with Crippen molar-refractivity contribution in [3.63, 3.8) is 0 Å². The van der Waals surface area contributed by atoms with E-state index in [1.54, 1.807) is 12.1 Å². The number of aromatic nitrogens is 2. The molecule has 8 heteroatoms. The maximum Gasteiger partial charge on any atom is 0.417 e. The van der Waals surface area contributed by atoms with E-state index < -0.39 is 11.7 Å². The zero-order valence-corrected chi connectivity index (χ0v) is 12.3. The fourth-order valence-corrected chi connectivity index (χ4v) is 1.74. The van der Waals surface area contributed by atoms with Gasteiger partial charge in [-0.15, -0.1) is 0 Å². The maximum atomic E-state index is 12.4. The first-order valence-corrected chi connectivity index (χ1v) is 6.84. The normalized spacial score (nSPS) is 11.1. The molecule has 0 spiro atoms. The van der Waals surface area contributed by atoms with Crippen LogP contribution in [0.15, 0.2) is 36.7 Å². The minimum absolute atomic E-state index is 0.264. The van der Waals surface area contributed by atoms with E-state index in [1.165, 1.54) is 12.3 Å². The highest BCUT2D eigenvalue weighted by Crippen LogP contribution is 2.28. The number of hydrogen-bond donors (Lipinski definition) is 2. The highest BCUT2D eigenvalue weighted by molar-refractivity contribution is 5.93. The Morgan fingerprint density at radius 2 is 1.87 bits per heavy atom. The summed E-state index contributed by atoms with van der Waals surface area (Å²) in [6, 6.07) is 5.60. The number of pyridine rings is 2. The van der Waals surface area contributed by atoms with Gasteiger partial charge in [0.1, 0.15) is 5.82 Å². The van der Waals surface area contributed by atoms with Crippen LogP contribution in [0.4, 0.5) is 19.0 Å². The minimum atomic E-state index is -4.40. The van der Waals surface area contributed by atoms with Gasteiger partial charge in [-0.25, -0.2) is 4.98 Å². The number of halogens is 3. The van der Waals surface area contributed by atoms with Gasteiger partial charge < -0.3 is 10.6 Å². The molecule has 2 N–H and O–H groups in total. The molecule has 0 aromatic carbocycles. The molecule has 0 unspecified atom stereocenters. The van der Waals surface area contributed by atoms with Crippen molar-refractivity contribution in [3.05, 3.63) is 53.5 Å². The second kappa shape index (κ2) is 7.08. The standard InChI is InChI=1S/C15H15F3N4O/c1-10-2-3-11(8-21-10)14(23)20-7-6-19-13-5-4-12(9-22-13)15(16,17)18/h2-5,8-9H,6-7H2,1H3,(H,19,22)(H,20,23). The molecule has 5 nitrogen and oxygen atoms in total. The summed E-state index contributed by atoms with van der Waals surface area (Å²) in [5, 5.41) is 5.51. The van der Waals surface area contributed by atoms with Crippen LogP contribution in [0.3, 0.4) is 0 Å². The molecule has 0 fully saturated rings. The SMILES string of the molecule is Cc1ccc(C(=O)NCCNc2ccc(C(F)(F)F)cn2)cn1. The molecule has 0 saturated heterocycles. The van der Waals surface area contributed by atoms with Gasteiger partial charge in [0, 0.05) is 31.2 Å². The van der Waals surface area contributed by atoms with E-state index in [0.29, 0.717) is 24.5 Å². The average Bonchev–Trinajstić information content (AvgIpc) is 2.51. The average molecular weight is 324 g/mol. The quantitative estimate of drug-likeness (QED) is 0.830. The summed E-state index contributed by atoms with van der Waals surface area (Å²) in [4.78, 5) is 19.5. The Hall–Kier alpha value is -2.64. The van der Waals surface area contributed by atoms with E-state index >= 15 is 0 Å². The number of amides is 1. The first kappa shape index (κ1) is 16.7. The lowest BCUT2D eigenvalue weighted by atomic mass is 10.2. The Morgan fingerprint density at radius 1 is 1.09 bits per heavy atom. The number of alkyl halides is 3. The molecule has 2 heterocycles. The molecule has 2 rings (SSSR count). The molecule has 0 radical (unpaired) electrons. The number of carbonyl (C=O) groups excluding carboxylic acids is 1. The zero-order chi connectivity index (χ0) is 16.9. The van der Waals surface area contributed by atoms with Crippen LogP contribution in [0.1, 0.15) is 21.6 Å². The van der Waals surface area contributed by atoms with Crippen molar-refractivity contribution >= 4 is 11.7 Å².